The number of aryl methyl sites for hydroxylation is 2. The molecule has 0 aliphatic carbocycles. The normalized spacial score (nSPS) is 10.8. The molecule has 4 aromatic rings. The molecule has 4 aromatic carbocycles. The highest BCUT2D eigenvalue weighted by Gasteiger charge is 2.05. The molecule has 1 nitrogen and oxygen atoms in total. The molecule has 0 fully saturated rings. The van der Waals surface area contributed by atoms with Crippen molar-refractivity contribution in [2.75, 3.05) is 5.32 Å². The second kappa shape index (κ2) is 8.87. The number of benzene rings is 4. The number of rotatable bonds is 6. The minimum atomic E-state index is -0.888. The van der Waals surface area contributed by atoms with Crippen molar-refractivity contribution >= 4 is 11.4 Å². The highest BCUT2D eigenvalue weighted by molar-refractivity contribution is 5.68. The van der Waals surface area contributed by atoms with Crippen molar-refractivity contribution in [3.05, 3.63) is 120 Å². The molecule has 0 saturated carbocycles. The maximum absolute atomic E-state index is 13.4. The first-order chi connectivity index (χ1) is 14.6. The topological polar surface area (TPSA) is 12.0 Å². The van der Waals surface area contributed by atoms with E-state index >= 15 is 0 Å². The lowest BCUT2D eigenvalue weighted by Gasteiger charge is -2.09. The summed E-state index contributed by atoms with van der Waals surface area (Å²) in [5, 5.41) is 3.06. The molecule has 30 heavy (non-hydrogen) atoms. The Balaban J connectivity index is 1.44. The maximum atomic E-state index is 13.4. The lowest BCUT2D eigenvalue weighted by molar-refractivity contribution is 0.509. The predicted octanol–water partition coefficient (Wildman–Crippen LogP) is 7.10. The van der Waals surface area contributed by atoms with Crippen molar-refractivity contribution in [2.24, 2.45) is 0 Å². The van der Waals surface area contributed by atoms with Crippen LogP contribution in [-0.4, -0.2) is 0 Å². The van der Waals surface area contributed by atoms with Crippen molar-refractivity contribution < 1.29 is 13.2 Å². The standard InChI is InChI=1S/C26H19F3N/c27-22-6-2-4-19(16-22)8-7-18-3-1-5-21(15-18)20-9-11-23(12-10-20)30-24-13-14-25(28)26(29)17-24/h1-4,6,9-17,30H,7-8H2. The minimum absolute atomic E-state index is 0.216. The van der Waals surface area contributed by atoms with Gasteiger partial charge in [0.05, 0.1) is 0 Å². The average Bonchev–Trinajstić information content (AvgIpc) is 2.76. The van der Waals surface area contributed by atoms with Crippen LogP contribution in [0.2, 0.25) is 0 Å². The summed E-state index contributed by atoms with van der Waals surface area (Å²) in [6.45, 7) is 0. The maximum Gasteiger partial charge on any atom is 0.160 e. The van der Waals surface area contributed by atoms with Crippen LogP contribution in [0, 0.1) is 23.5 Å². The van der Waals surface area contributed by atoms with Gasteiger partial charge in [-0.15, -0.1) is 0 Å². The van der Waals surface area contributed by atoms with E-state index in [4.69, 9.17) is 0 Å². The summed E-state index contributed by atoms with van der Waals surface area (Å²) >= 11 is 0. The van der Waals surface area contributed by atoms with Crippen LogP contribution in [0.3, 0.4) is 0 Å². The molecule has 0 aromatic heterocycles. The monoisotopic (exact) mass is 402 g/mol. The molecule has 4 rings (SSSR count). The zero-order valence-corrected chi connectivity index (χ0v) is 16.1. The van der Waals surface area contributed by atoms with Gasteiger partial charge < -0.3 is 5.32 Å². The van der Waals surface area contributed by atoms with Crippen LogP contribution >= 0.6 is 0 Å². The van der Waals surface area contributed by atoms with E-state index in [1.807, 2.05) is 42.5 Å². The fourth-order valence-electron chi connectivity index (χ4n) is 3.29. The number of nitrogens with one attached hydrogen (secondary N) is 1. The lowest BCUT2D eigenvalue weighted by atomic mass is 9.99. The van der Waals surface area contributed by atoms with Gasteiger partial charge in [-0.25, -0.2) is 13.2 Å². The van der Waals surface area contributed by atoms with E-state index in [0.29, 0.717) is 5.69 Å². The first-order valence-electron chi connectivity index (χ1n) is 9.64. The number of hydrogen-bond acceptors (Lipinski definition) is 1. The molecule has 1 radical (unpaired) electrons. The second-order valence-electron chi connectivity index (χ2n) is 7.07. The fourth-order valence-corrected chi connectivity index (χ4v) is 3.29. The van der Waals surface area contributed by atoms with Crippen LogP contribution in [0.5, 0.6) is 0 Å². The van der Waals surface area contributed by atoms with Crippen molar-refractivity contribution in [1.29, 1.82) is 0 Å². The SMILES string of the molecule is Fc1cccc(CCc2cc[c]c(-c3ccc(Nc4ccc(F)c(F)c4)cc3)c2)c1. The van der Waals surface area contributed by atoms with Gasteiger partial charge in [-0.3, -0.25) is 0 Å². The van der Waals surface area contributed by atoms with E-state index in [0.717, 1.165) is 52.9 Å². The molecular weight excluding hydrogens is 383 g/mol. The number of halogens is 3. The van der Waals surface area contributed by atoms with Crippen LogP contribution in [0.25, 0.3) is 11.1 Å². The first-order valence-corrected chi connectivity index (χ1v) is 9.64. The molecule has 0 aliphatic heterocycles. The second-order valence-corrected chi connectivity index (χ2v) is 7.07. The van der Waals surface area contributed by atoms with E-state index in [9.17, 15) is 13.2 Å². The van der Waals surface area contributed by atoms with Crippen LogP contribution in [0.4, 0.5) is 24.5 Å². The van der Waals surface area contributed by atoms with E-state index in [2.05, 4.69) is 17.4 Å². The molecule has 0 amide bonds. The van der Waals surface area contributed by atoms with Gasteiger partial charge in [-0.1, -0.05) is 42.5 Å². The molecule has 0 aliphatic rings. The summed E-state index contributed by atoms with van der Waals surface area (Å²) in [6, 6.07) is 27.3. The van der Waals surface area contributed by atoms with Gasteiger partial charge in [0.1, 0.15) is 5.82 Å². The molecule has 0 heterocycles. The van der Waals surface area contributed by atoms with E-state index in [1.165, 1.54) is 12.1 Å². The first kappa shape index (κ1) is 19.8. The van der Waals surface area contributed by atoms with Gasteiger partial charge in [0.15, 0.2) is 11.6 Å². The molecule has 0 unspecified atom stereocenters. The average molecular weight is 402 g/mol. The quantitative estimate of drug-likeness (QED) is 0.363. The van der Waals surface area contributed by atoms with Crippen molar-refractivity contribution in [3.63, 3.8) is 0 Å². The number of anilines is 2. The highest BCUT2D eigenvalue weighted by Crippen LogP contribution is 2.25. The Bertz CT molecular complexity index is 1150. The predicted molar refractivity (Wildman–Crippen MR) is 114 cm³/mol. The van der Waals surface area contributed by atoms with Crippen LogP contribution in [-0.2, 0) is 12.8 Å². The van der Waals surface area contributed by atoms with Crippen LogP contribution < -0.4 is 5.32 Å². The molecule has 0 atom stereocenters. The van der Waals surface area contributed by atoms with Crippen molar-refractivity contribution in [1.82, 2.24) is 0 Å². The Morgan fingerprint density at radius 3 is 2.13 bits per heavy atom. The zero-order chi connectivity index (χ0) is 20.9. The minimum Gasteiger partial charge on any atom is -0.355 e. The molecule has 0 saturated heterocycles. The smallest absolute Gasteiger partial charge is 0.160 e. The Hall–Kier alpha value is -3.53. The van der Waals surface area contributed by atoms with E-state index in [-0.39, 0.29) is 5.82 Å². The van der Waals surface area contributed by atoms with Gasteiger partial charge in [0, 0.05) is 17.4 Å². The molecule has 0 bridgehead atoms. The van der Waals surface area contributed by atoms with Crippen molar-refractivity contribution in [3.8, 4) is 11.1 Å². The number of hydrogen-bond donors (Lipinski definition) is 1. The highest BCUT2D eigenvalue weighted by atomic mass is 19.2. The van der Waals surface area contributed by atoms with Crippen LogP contribution in [0.1, 0.15) is 11.1 Å². The third kappa shape index (κ3) is 4.90. The zero-order valence-electron chi connectivity index (χ0n) is 16.1. The van der Waals surface area contributed by atoms with Crippen LogP contribution in [0.15, 0.2) is 84.9 Å². The van der Waals surface area contributed by atoms with Crippen molar-refractivity contribution in [2.45, 2.75) is 12.8 Å². The van der Waals surface area contributed by atoms with Gasteiger partial charge in [0.2, 0.25) is 0 Å². The molecule has 1 N–H and O–H groups in total. The van der Waals surface area contributed by atoms with E-state index in [1.54, 1.807) is 12.1 Å². The summed E-state index contributed by atoms with van der Waals surface area (Å²) in [5.41, 5.74) is 5.33. The Morgan fingerprint density at radius 1 is 0.667 bits per heavy atom. The summed E-state index contributed by atoms with van der Waals surface area (Å²) in [6.07, 6.45) is 1.57. The lowest BCUT2D eigenvalue weighted by Crippen LogP contribution is -1.94. The molecular formula is C26H19F3N. The third-order valence-corrected chi connectivity index (χ3v) is 4.86. The largest absolute Gasteiger partial charge is 0.355 e. The van der Waals surface area contributed by atoms with E-state index < -0.39 is 11.6 Å². The van der Waals surface area contributed by atoms with Gasteiger partial charge in [-0.2, -0.15) is 0 Å². The third-order valence-electron chi connectivity index (χ3n) is 4.86. The van der Waals surface area contributed by atoms with Gasteiger partial charge >= 0.3 is 0 Å². The molecule has 0 spiro atoms. The Labute approximate surface area is 173 Å². The fraction of sp³-hybridized carbons (Fsp3) is 0.0769. The summed E-state index contributed by atoms with van der Waals surface area (Å²) in [7, 11) is 0. The Morgan fingerprint density at radius 2 is 1.40 bits per heavy atom. The van der Waals surface area contributed by atoms with Gasteiger partial charge in [-0.05, 0) is 77.6 Å². The summed E-state index contributed by atoms with van der Waals surface area (Å²) in [5.74, 6) is -1.98. The summed E-state index contributed by atoms with van der Waals surface area (Å²) in [4.78, 5) is 0. The molecule has 149 valence electrons. The van der Waals surface area contributed by atoms with Gasteiger partial charge in [0.25, 0.3) is 0 Å². The molecule has 4 heteroatoms. The Kier molecular flexibility index (Phi) is 5.84. The summed E-state index contributed by atoms with van der Waals surface area (Å²) < 4.78 is 39.8.